The molecule has 0 aromatic heterocycles. The standard InChI is InChI=1S/C12H12N2O/c1-3-6-12(15)14(2)11-8-5-4-7-10(11)9-13/h3-8H,1-2H3. The number of allylic oxidation sites excluding steroid dienone is 1. The van der Waals surface area contributed by atoms with Gasteiger partial charge < -0.3 is 4.90 Å². The molecule has 0 atom stereocenters. The van der Waals surface area contributed by atoms with Gasteiger partial charge in [-0.25, -0.2) is 0 Å². The molecule has 0 aliphatic rings. The molecule has 0 radical (unpaired) electrons. The van der Waals surface area contributed by atoms with Gasteiger partial charge in [-0.05, 0) is 25.1 Å². The quantitative estimate of drug-likeness (QED) is 0.686. The zero-order valence-electron chi connectivity index (χ0n) is 8.77. The van der Waals surface area contributed by atoms with Crippen LogP contribution in [0.3, 0.4) is 0 Å². The smallest absolute Gasteiger partial charge is 0.250 e. The summed E-state index contributed by atoms with van der Waals surface area (Å²) in [7, 11) is 1.65. The summed E-state index contributed by atoms with van der Waals surface area (Å²) in [6.07, 6.45) is 3.14. The maximum absolute atomic E-state index is 11.5. The Morgan fingerprint density at radius 2 is 2.13 bits per heavy atom. The lowest BCUT2D eigenvalue weighted by atomic mass is 10.2. The fourth-order valence-corrected chi connectivity index (χ4v) is 1.23. The van der Waals surface area contributed by atoms with Crippen LogP contribution < -0.4 is 4.90 Å². The first-order valence-electron chi connectivity index (χ1n) is 4.60. The largest absolute Gasteiger partial charge is 0.311 e. The summed E-state index contributed by atoms with van der Waals surface area (Å²) >= 11 is 0. The number of carbonyl (C=O) groups is 1. The first-order valence-corrected chi connectivity index (χ1v) is 4.60. The van der Waals surface area contributed by atoms with Crippen LogP contribution in [0, 0.1) is 11.3 Å². The van der Waals surface area contributed by atoms with Crippen molar-refractivity contribution in [3.05, 3.63) is 42.0 Å². The van der Waals surface area contributed by atoms with Crippen LogP contribution in [0.15, 0.2) is 36.4 Å². The summed E-state index contributed by atoms with van der Waals surface area (Å²) in [5.74, 6) is -0.139. The van der Waals surface area contributed by atoms with Gasteiger partial charge in [0.1, 0.15) is 6.07 Å². The van der Waals surface area contributed by atoms with Gasteiger partial charge in [-0.1, -0.05) is 18.2 Å². The summed E-state index contributed by atoms with van der Waals surface area (Å²) in [5.41, 5.74) is 1.13. The summed E-state index contributed by atoms with van der Waals surface area (Å²) in [5, 5.41) is 8.87. The third-order valence-corrected chi connectivity index (χ3v) is 2.03. The van der Waals surface area contributed by atoms with Gasteiger partial charge in [0.2, 0.25) is 5.91 Å². The van der Waals surface area contributed by atoms with Crippen molar-refractivity contribution in [3.8, 4) is 6.07 Å². The number of nitriles is 1. The highest BCUT2D eigenvalue weighted by Crippen LogP contribution is 2.18. The summed E-state index contributed by atoms with van der Waals surface area (Å²) in [6.45, 7) is 1.78. The average Bonchev–Trinajstić information content (AvgIpc) is 2.28. The minimum Gasteiger partial charge on any atom is -0.311 e. The van der Waals surface area contributed by atoms with E-state index in [1.165, 1.54) is 11.0 Å². The number of carbonyl (C=O) groups excluding carboxylic acids is 1. The lowest BCUT2D eigenvalue weighted by Gasteiger charge is -2.16. The summed E-state index contributed by atoms with van der Waals surface area (Å²) in [4.78, 5) is 13.0. The van der Waals surface area contributed by atoms with E-state index >= 15 is 0 Å². The molecule has 3 heteroatoms. The topological polar surface area (TPSA) is 44.1 Å². The maximum atomic E-state index is 11.5. The Hall–Kier alpha value is -2.08. The van der Waals surface area contributed by atoms with Crippen molar-refractivity contribution >= 4 is 11.6 Å². The SMILES string of the molecule is CC=CC(=O)N(C)c1ccccc1C#N. The molecule has 15 heavy (non-hydrogen) atoms. The number of anilines is 1. The molecule has 0 unspecified atom stereocenters. The zero-order valence-corrected chi connectivity index (χ0v) is 8.77. The summed E-state index contributed by atoms with van der Waals surface area (Å²) < 4.78 is 0. The van der Waals surface area contributed by atoms with Crippen LogP contribution in [-0.4, -0.2) is 13.0 Å². The van der Waals surface area contributed by atoms with E-state index in [1.54, 1.807) is 44.3 Å². The number of hydrogen-bond acceptors (Lipinski definition) is 2. The van der Waals surface area contributed by atoms with Gasteiger partial charge in [0.05, 0.1) is 11.3 Å². The summed E-state index contributed by atoms with van der Waals surface area (Å²) in [6, 6.07) is 9.07. The Labute approximate surface area is 89.2 Å². The number of amides is 1. The predicted octanol–water partition coefficient (Wildman–Crippen LogP) is 2.10. The van der Waals surface area contributed by atoms with Gasteiger partial charge >= 0.3 is 0 Å². The first-order chi connectivity index (χ1) is 7.20. The Morgan fingerprint density at radius 1 is 1.47 bits per heavy atom. The Balaban J connectivity index is 3.06. The van der Waals surface area contributed by atoms with E-state index in [9.17, 15) is 4.79 Å². The van der Waals surface area contributed by atoms with E-state index in [1.807, 2.05) is 0 Å². The molecule has 0 spiro atoms. The molecular formula is C12H12N2O. The van der Waals surface area contributed by atoms with E-state index in [0.29, 0.717) is 11.3 Å². The normalized spacial score (nSPS) is 9.93. The second-order valence-electron chi connectivity index (χ2n) is 3.03. The van der Waals surface area contributed by atoms with E-state index in [-0.39, 0.29) is 5.91 Å². The molecule has 1 rings (SSSR count). The number of para-hydroxylation sites is 1. The molecule has 1 aromatic rings. The molecule has 0 fully saturated rings. The molecule has 1 amide bonds. The highest BCUT2D eigenvalue weighted by molar-refractivity contribution is 6.01. The average molecular weight is 200 g/mol. The van der Waals surface area contributed by atoms with Crippen molar-refractivity contribution in [2.24, 2.45) is 0 Å². The minimum atomic E-state index is -0.139. The Kier molecular flexibility index (Phi) is 3.64. The maximum Gasteiger partial charge on any atom is 0.250 e. The fourth-order valence-electron chi connectivity index (χ4n) is 1.23. The molecule has 76 valence electrons. The Morgan fingerprint density at radius 3 is 2.73 bits per heavy atom. The van der Waals surface area contributed by atoms with Crippen LogP contribution in [0.2, 0.25) is 0 Å². The van der Waals surface area contributed by atoms with Crippen LogP contribution in [-0.2, 0) is 4.79 Å². The molecule has 0 saturated heterocycles. The second-order valence-corrected chi connectivity index (χ2v) is 3.03. The molecular weight excluding hydrogens is 188 g/mol. The van der Waals surface area contributed by atoms with E-state index in [0.717, 1.165) is 0 Å². The molecule has 0 aliphatic carbocycles. The number of benzene rings is 1. The number of nitrogens with zero attached hydrogens (tertiary/aromatic N) is 2. The molecule has 0 aliphatic heterocycles. The first kappa shape index (κ1) is 11.0. The van der Waals surface area contributed by atoms with Crippen LogP contribution in [0.4, 0.5) is 5.69 Å². The molecule has 0 bridgehead atoms. The fraction of sp³-hybridized carbons (Fsp3) is 0.167. The van der Waals surface area contributed by atoms with Crippen molar-refractivity contribution in [1.82, 2.24) is 0 Å². The Bertz CT molecular complexity index is 429. The van der Waals surface area contributed by atoms with Crippen molar-refractivity contribution < 1.29 is 4.79 Å². The van der Waals surface area contributed by atoms with E-state index < -0.39 is 0 Å². The zero-order chi connectivity index (χ0) is 11.3. The van der Waals surface area contributed by atoms with Gasteiger partial charge in [0.15, 0.2) is 0 Å². The van der Waals surface area contributed by atoms with Crippen LogP contribution >= 0.6 is 0 Å². The van der Waals surface area contributed by atoms with Gasteiger partial charge in [-0.15, -0.1) is 0 Å². The molecule has 1 aromatic carbocycles. The van der Waals surface area contributed by atoms with Gasteiger partial charge in [-0.2, -0.15) is 5.26 Å². The van der Waals surface area contributed by atoms with Gasteiger partial charge in [0.25, 0.3) is 0 Å². The lowest BCUT2D eigenvalue weighted by molar-refractivity contribution is -0.113. The predicted molar refractivity (Wildman–Crippen MR) is 59.4 cm³/mol. The molecule has 3 nitrogen and oxygen atoms in total. The van der Waals surface area contributed by atoms with E-state index in [2.05, 4.69) is 6.07 Å². The number of rotatable bonds is 2. The highest BCUT2D eigenvalue weighted by atomic mass is 16.2. The third kappa shape index (κ3) is 2.44. The van der Waals surface area contributed by atoms with Crippen molar-refractivity contribution in [1.29, 1.82) is 5.26 Å². The monoisotopic (exact) mass is 200 g/mol. The van der Waals surface area contributed by atoms with Crippen molar-refractivity contribution in [3.63, 3.8) is 0 Å². The van der Waals surface area contributed by atoms with Crippen molar-refractivity contribution in [2.45, 2.75) is 6.92 Å². The lowest BCUT2D eigenvalue weighted by Crippen LogP contribution is -2.24. The molecule has 0 N–H and O–H groups in total. The number of likely N-dealkylation sites (N-methyl/N-ethyl adjacent to an activating group) is 1. The highest BCUT2D eigenvalue weighted by Gasteiger charge is 2.10. The number of hydrogen-bond donors (Lipinski definition) is 0. The molecule has 0 heterocycles. The van der Waals surface area contributed by atoms with Crippen LogP contribution in [0.1, 0.15) is 12.5 Å². The van der Waals surface area contributed by atoms with Gasteiger partial charge in [0, 0.05) is 7.05 Å². The van der Waals surface area contributed by atoms with Crippen molar-refractivity contribution in [2.75, 3.05) is 11.9 Å². The minimum absolute atomic E-state index is 0.139. The van der Waals surface area contributed by atoms with Crippen LogP contribution in [0.25, 0.3) is 0 Å². The van der Waals surface area contributed by atoms with E-state index in [4.69, 9.17) is 5.26 Å². The van der Waals surface area contributed by atoms with Gasteiger partial charge in [-0.3, -0.25) is 4.79 Å². The van der Waals surface area contributed by atoms with Crippen LogP contribution in [0.5, 0.6) is 0 Å². The third-order valence-electron chi connectivity index (χ3n) is 2.03. The second kappa shape index (κ2) is 4.97. The molecule has 0 saturated carbocycles.